The fraction of sp³-hybridized carbons (Fsp3) is 0.200. The van der Waals surface area contributed by atoms with Gasteiger partial charge in [-0.25, -0.2) is 0 Å². The largest absolute Gasteiger partial charge is 0.389 e. The molecule has 0 aliphatic rings. The summed E-state index contributed by atoms with van der Waals surface area (Å²) in [7, 11) is 0. The molecule has 1 aromatic rings. The van der Waals surface area contributed by atoms with Crippen molar-refractivity contribution in [3.05, 3.63) is 40.9 Å². The molecule has 0 heterocycles. The first kappa shape index (κ1) is 9.30. The van der Waals surface area contributed by atoms with Crippen molar-refractivity contribution >= 4 is 17.7 Å². The first-order chi connectivity index (χ1) is 5.68. The maximum absolute atomic E-state index is 8.96. The van der Waals surface area contributed by atoms with Gasteiger partial charge in [0, 0.05) is 5.02 Å². The lowest BCUT2D eigenvalue weighted by Crippen LogP contribution is -1.91. The van der Waals surface area contributed by atoms with Gasteiger partial charge >= 0.3 is 0 Å². The van der Waals surface area contributed by atoms with Gasteiger partial charge in [-0.2, -0.15) is 0 Å². The van der Waals surface area contributed by atoms with Crippen LogP contribution in [-0.2, 0) is 0 Å². The van der Waals surface area contributed by atoms with E-state index in [1.807, 2.05) is 30.3 Å². The van der Waals surface area contributed by atoms with E-state index in [2.05, 4.69) is 0 Å². The fourth-order valence-electron chi connectivity index (χ4n) is 0.861. The SMILES string of the molecule is CC(O)/C=C/c1cccc(Cl)c1. The van der Waals surface area contributed by atoms with Crippen LogP contribution < -0.4 is 0 Å². The number of benzene rings is 1. The van der Waals surface area contributed by atoms with Crippen LogP contribution in [0.1, 0.15) is 12.5 Å². The minimum absolute atomic E-state index is 0.413. The van der Waals surface area contributed by atoms with Crippen LogP contribution in [0.4, 0.5) is 0 Å². The van der Waals surface area contributed by atoms with Gasteiger partial charge in [0.1, 0.15) is 0 Å². The van der Waals surface area contributed by atoms with Crippen LogP contribution in [-0.4, -0.2) is 11.2 Å². The van der Waals surface area contributed by atoms with Crippen molar-refractivity contribution in [3.63, 3.8) is 0 Å². The molecule has 0 spiro atoms. The third-order valence-electron chi connectivity index (χ3n) is 1.42. The van der Waals surface area contributed by atoms with Crippen LogP contribution in [0.5, 0.6) is 0 Å². The number of hydrogen-bond donors (Lipinski definition) is 1. The number of halogens is 1. The van der Waals surface area contributed by atoms with Crippen molar-refractivity contribution in [2.75, 3.05) is 0 Å². The lowest BCUT2D eigenvalue weighted by Gasteiger charge is -1.95. The summed E-state index contributed by atoms with van der Waals surface area (Å²) < 4.78 is 0. The molecule has 0 saturated carbocycles. The second-order valence-electron chi connectivity index (χ2n) is 2.65. The Balaban J connectivity index is 2.76. The molecule has 1 rings (SSSR count). The molecule has 0 saturated heterocycles. The van der Waals surface area contributed by atoms with E-state index in [1.165, 1.54) is 0 Å². The standard InChI is InChI=1S/C10H11ClO/c1-8(12)5-6-9-3-2-4-10(11)7-9/h2-8,12H,1H3/b6-5+. The Hall–Kier alpha value is -0.790. The zero-order valence-electron chi connectivity index (χ0n) is 6.87. The Morgan fingerprint density at radius 1 is 1.50 bits per heavy atom. The number of hydrogen-bond acceptors (Lipinski definition) is 1. The number of aliphatic hydroxyl groups excluding tert-OH is 1. The Morgan fingerprint density at radius 2 is 2.25 bits per heavy atom. The van der Waals surface area contributed by atoms with Gasteiger partial charge in [-0.15, -0.1) is 0 Å². The molecule has 0 fully saturated rings. The molecular formula is C10H11ClO. The van der Waals surface area contributed by atoms with E-state index < -0.39 is 6.10 Å². The van der Waals surface area contributed by atoms with Crippen LogP contribution in [0.15, 0.2) is 30.3 Å². The summed E-state index contributed by atoms with van der Waals surface area (Å²) in [6, 6.07) is 7.48. The normalized spacial score (nSPS) is 13.6. The smallest absolute Gasteiger partial charge is 0.0696 e. The molecule has 0 amide bonds. The van der Waals surface area contributed by atoms with E-state index in [1.54, 1.807) is 13.0 Å². The van der Waals surface area contributed by atoms with E-state index in [-0.39, 0.29) is 0 Å². The third kappa shape index (κ3) is 3.07. The van der Waals surface area contributed by atoms with E-state index in [0.29, 0.717) is 5.02 Å². The quantitative estimate of drug-likeness (QED) is 0.746. The summed E-state index contributed by atoms with van der Waals surface area (Å²) in [4.78, 5) is 0. The number of aliphatic hydroxyl groups is 1. The van der Waals surface area contributed by atoms with Crippen molar-refractivity contribution in [1.82, 2.24) is 0 Å². The lowest BCUT2D eigenvalue weighted by molar-refractivity contribution is 0.245. The maximum Gasteiger partial charge on any atom is 0.0696 e. The van der Waals surface area contributed by atoms with E-state index >= 15 is 0 Å². The van der Waals surface area contributed by atoms with Gasteiger partial charge in [0.25, 0.3) is 0 Å². The molecular weight excluding hydrogens is 172 g/mol. The Morgan fingerprint density at radius 3 is 2.83 bits per heavy atom. The minimum atomic E-state index is -0.413. The zero-order valence-corrected chi connectivity index (χ0v) is 7.62. The molecule has 0 bridgehead atoms. The molecule has 12 heavy (non-hydrogen) atoms. The monoisotopic (exact) mass is 182 g/mol. The summed E-state index contributed by atoms with van der Waals surface area (Å²) in [5.74, 6) is 0. The maximum atomic E-state index is 8.96. The van der Waals surface area contributed by atoms with Crippen molar-refractivity contribution < 1.29 is 5.11 Å². The molecule has 1 aromatic carbocycles. The second kappa shape index (κ2) is 4.29. The van der Waals surface area contributed by atoms with Crippen LogP contribution in [0.3, 0.4) is 0 Å². The first-order valence-electron chi connectivity index (χ1n) is 3.80. The molecule has 1 atom stereocenters. The van der Waals surface area contributed by atoms with Crippen molar-refractivity contribution in [2.45, 2.75) is 13.0 Å². The molecule has 0 aromatic heterocycles. The van der Waals surface area contributed by atoms with Gasteiger partial charge in [0.2, 0.25) is 0 Å². The zero-order chi connectivity index (χ0) is 8.97. The van der Waals surface area contributed by atoms with Crippen molar-refractivity contribution in [1.29, 1.82) is 0 Å². The van der Waals surface area contributed by atoms with Gasteiger partial charge in [-0.1, -0.05) is 35.9 Å². The van der Waals surface area contributed by atoms with Gasteiger partial charge < -0.3 is 5.11 Å². The fourth-order valence-corrected chi connectivity index (χ4v) is 1.06. The van der Waals surface area contributed by atoms with Crippen LogP contribution in [0.25, 0.3) is 6.08 Å². The van der Waals surface area contributed by atoms with Crippen LogP contribution in [0.2, 0.25) is 5.02 Å². The van der Waals surface area contributed by atoms with Crippen LogP contribution >= 0.6 is 11.6 Å². The topological polar surface area (TPSA) is 20.2 Å². The van der Waals surface area contributed by atoms with Gasteiger partial charge in [-0.05, 0) is 24.6 Å². The number of rotatable bonds is 2. The Labute approximate surface area is 77.3 Å². The Kier molecular flexibility index (Phi) is 3.32. The summed E-state index contributed by atoms with van der Waals surface area (Å²) in [6.45, 7) is 1.71. The highest BCUT2D eigenvalue weighted by atomic mass is 35.5. The van der Waals surface area contributed by atoms with Crippen LogP contribution in [0, 0.1) is 0 Å². The van der Waals surface area contributed by atoms with E-state index in [0.717, 1.165) is 5.56 Å². The second-order valence-corrected chi connectivity index (χ2v) is 3.09. The molecule has 0 aliphatic carbocycles. The molecule has 0 aliphatic heterocycles. The Bertz CT molecular complexity index is 279. The highest BCUT2D eigenvalue weighted by Gasteiger charge is 1.89. The highest BCUT2D eigenvalue weighted by Crippen LogP contribution is 2.11. The molecule has 64 valence electrons. The minimum Gasteiger partial charge on any atom is -0.389 e. The molecule has 0 radical (unpaired) electrons. The van der Waals surface area contributed by atoms with Gasteiger partial charge in [0.15, 0.2) is 0 Å². The average Bonchev–Trinajstić information content (AvgIpc) is 2.01. The summed E-state index contributed by atoms with van der Waals surface area (Å²) >= 11 is 5.76. The average molecular weight is 183 g/mol. The van der Waals surface area contributed by atoms with E-state index in [4.69, 9.17) is 16.7 Å². The van der Waals surface area contributed by atoms with Crippen molar-refractivity contribution in [2.24, 2.45) is 0 Å². The molecule has 1 nitrogen and oxygen atoms in total. The lowest BCUT2D eigenvalue weighted by atomic mass is 10.2. The van der Waals surface area contributed by atoms with Gasteiger partial charge in [0.05, 0.1) is 6.10 Å². The molecule has 1 N–H and O–H groups in total. The predicted octanol–water partition coefficient (Wildman–Crippen LogP) is 2.73. The first-order valence-corrected chi connectivity index (χ1v) is 4.18. The third-order valence-corrected chi connectivity index (χ3v) is 1.65. The van der Waals surface area contributed by atoms with Gasteiger partial charge in [-0.3, -0.25) is 0 Å². The van der Waals surface area contributed by atoms with Crippen molar-refractivity contribution in [3.8, 4) is 0 Å². The summed E-state index contributed by atoms with van der Waals surface area (Å²) in [5.41, 5.74) is 1.00. The predicted molar refractivity (Wildman–Crippen MR) is 52.2 cm³/mol. The summed E-state index contributed by atoms with van der Waals surface area (Å²) in [5, 5.41) is 9.67. The highest BCUT2D eigenvalue weighted by molar-refractivity contribution is 6.30. The summed E-state index contributed by atoms with van der Waals surface area (Å²) in [6.07, 6.45) is 3.14. The molecule has 2 heteroatoms. The molecule has 1 unspecified atom stereocenters. The van der Waals surface area contributed by atoms with E-state index in [9.17, 15) is 0 Å².